The van der Waals surface area contributed by atoms with Crippen molar-refractivity contribution in [1.29, 1.82) is 0 Å². The Bertz CT molecular complexity index is 996. The number of hydrogen-bond donors (Lipinski definition) is 0. The summed E-state index contributed by atoms with van der Waals surface area (Å²) >= 11 is 1.45. The molecule has 3 aromatic rings. The number of nitrogens with zero attached hydrogens (tertiary/aromatic N) is 3. The monoisotopic (exact) mass is 393 g/mol. The number of rotatable bonds is 7. The van der Waals surface area contributed by atoms with Crippen molar-refractivity contribution in [3.8, 4) is 17.1 Å². The number of aryl methyl sites for hydroxylation is 2. The molecule has 6 heteroatoms. The Labute approximate surface area is 169 Å². The highest BCUT2D eigenvalue weighted by atomic mass is 32.2. The Kier molecular flexibility index (Phi) is 5.48. The first-order chi connectivity index (χ1) is 13.7. The molecular formula is C22H23N3O2S. The molecule has 1 heterocycles. The molecule has 0 saturated heterocycles. The van der Waals surface area contributed by atoms with Crippen molar-refractivity contribution in [2.75, 3.05) is 12.9 Å². The maximum atomic E-state index is 12.7. The number of benzene rings is 2. The number of carbonyl (C=O) groups is 1. The fraction of sp³-hybridized carbons (Fsp3) is 0.318. The zero-order valence-electron chi connectivity index (χ0n) is 16.1. The molecule has 5 nitrogen and oxygen atoms in total. The maximum absolute atomic E-state index is 12.7. The number of carbonyl (C=O) groups excluding carboxylic acids is 1. The van der Waals surface area contributed by atoms with Crippen LogP contribution in [0.1, 0.15) is 34.8 Å². The predicted molar refractivity (Wildman–Crippen MR) is 111 cm³/mol. The number of thioether (sulfide) groups is 1. The minimum Gasteiger partial charge on any atom is -0.497 e. The summed E-state index contributed by atoms with van der Waals surface area (Å²) in [5, 5.41) is 9.44. The predicted octanol–water partition coefficient (Wildman–Crippen LogP) is 4.44. The second-order valence-electron chi connectivity index (χ2n) is 6.83. The normalized spacial score (nSPS) is 12.8. The van der Waals surface area contributed by atoms with Gasteiger partial charge in [0.25, 0.3) is 0 Å². The summed E-state index contributed by atoms with van der Waals surface area (Å²) in [5.74, 6) is 2.11. The lowest BCUT2D eigenvalue weighted by molar-refractivity contribution is 0.102. The summed E-state index contributed by atoms with van der Waals surface area (Å²) < 4.78 is 7.26. The lowest BCUT2D eigenvalue weighted by Crippen LogP contribution is -2.06. The molecule has 2 aromatic carbocycles. The van der Waals surface area contributed by atoms with Crippen LogP contribution in [0.4, 0.5) is 0 Å². The molecule has 1 aliphatic rings. The second-order valence-corrected chi connectivity index (χ2v) is 7.77. The van der Waals surface area contributed by atoms with Crippen LogP contribution in [0.3, 0.4) is 0 Å². The van der Waals surface area contributed by atoms with Crippen molar-refractivity contribution in [1.82, 2.24) is 14.8 Å². The minimum absolute atomic E-state index is 0.136. The highest BCUT2D eigenvalue weighted by Crippen LogP contribution is 2.27. The van der Waals surface area contributed by atoms with E-state index in [4.69, 9.17) is 4.74 Å². The topological polar surface area (TPSA) is 57.0 Å². The van der Waals surface area contributed by atoms with Gasteiger partial charge in [0.1, 0.15) is 5.75 Å². The van der Waals surface area contributed by atoms with Gasteiger partial charge in [-0.3, -0.25) is 4.79 Å². The van der Waals surface area contributed by atoms with Gasteiger partial charge in [-0.15, -0.1) is 10.2 Å². The van der Waals surface area contributed by atoms with Crippen LogP contribution in [0, 0.1) is 0 Å². The highest BCUT2D eigenvalue weighted by Gasteiger charge is 2.17. The van der Waals surface area contributed by atoms with Crippen LogP contribution in [0.15, 0.2) is 47.6 Å². The average Bonchev–Trinajstić information content (AvgIpc) is 3.37. The zero-order valence-corrected chi connectivity index (χ0v) is 17.0. The molecule has 0 radical (unpaired) electrons. The van der Waals surface area contributed by atoms with Crippen molar-refractivity contribution in [2.24, 2.45) is 0 Å². The van der Waals surface area contributed by atoms with Gasteiger partial charge in [-0.25, -0.2) is 0 Å². The number of Topliss-reactive ketones (excluding diaryl/α,β-unsaturated/α-hetero) is 1. The SMILES string of the molecule is CCn1c(SCC(=O)c2ccc3c(c2)CCC3)nnc1-c1ccc(OC)cc1. The Morgan fingerprint density at radius 3 is 2.64 bits per heavy atom. The van der Waals surface area contributed by atoms with Crippen molar-refractivity contribution in [3.05, 3.63) is 59.2 Å². The molecule has 0 saturated carbocycles. The molecule has 0 fully saturated rings. The van der Waals surface area contributed by atoms with Gasteiger partial charge in [0, 0.05) is 17.7 Å². The van der Waals surface area contributed by atoms with Gasteiger partial charge in [-0.05, 0) is 67.6 Å². The van der Waals surface area contributed by atoms with E-state index in [0.29, 0.717) is 5.75 Å². The summed E-state index contributed by atoms with van der Waals surface area (Å²) in [4.78, 5) is 12.7. The third kappa shape index (κ3) is 3.69. The quantitative estimate of drug-likeness (QED) is 0.439. The Hall–Kier alpha value is -2.60. The Morgan fingerprint density at radius 2 is 1.89 bits per heavy atom. The van der Waals surface area contributed by atoms with E-state index in [-0.39, 0.29) is 5.78 Å². The zero-order chi connectivity index (χ0) is 19.5. The molecule has 0 bridgehead atoms. The summed E-state index contributed by atoms with van der Waals surface area (Å²) in [6.45, 7) is 2.80. The van der Waals surface area contributed by atoms with Crippen LogP contribution in [0.25, 0.3) is 11.4 Å². The lowest BCUT2D eigenvalue weighted by Gasteiger charge is -2.08. The van der Waals surface area contributed by atoms with Gasteiger partial charge in [-0.2, -0.15) is 0 Å². The third-order valence-corrected chi connectivity index (χ3v) is 6.10. The van der Waals surface area contributed by atoms with Crippen LogP contribution >= 0.6 is 11.8 Å². The van der Waals surface area contributed by atoms with Gasteiger partial charge < -0.3 is 9.30 Å². The molecule has 0 unspecified atom stereocenters. The number of ether oxygens (including phenoxy) is 1. The number of ketones is 1. The highest BCUT2D eigenvalue weighted by molar-refractivity contribution is 7.99. The maximum Gasteiger partial charge on any atom is 0.191 e. The molecule has 28 heavy (non-hydrogen) atoms. The van der Waals surface area contributed by atoms with Crippen LogP contribution in [0.5, 0.6) is 5.75 Å². The summed E-state index contributed by atoms with van der Waals surface area (Å²) in [6, 6.07) is 13.9. The van der Waals surface area contributed by atoms with E-state index < -0.39 is 0 Å². The van der Waals surface area contributed by atoms with Gasteiger partial charge in [0.2, 0.25) is 0 Å². The van der Waals surface area contributed by atoms with E-state index in [1.165, 1.54) is 29.3 Å². The number of aromatic nitrogens is 3. The fourth-order valence-corrected chi connectivity index (χ4v) is 4.49. The second kappa shape index (κ2) is 8.19. The molecule has 1 aromatic heterocycles. The van der Waals surface area contributed by atoms with E-state index in [9.17, 15) is 4.79 Å². The van der Waals surface area contributed by atoms with Gasteiger partial charge >= 0.3 is 0 Å². The molecule has 0 amide bonds. The van der Waals surface area contributed by atoms with Crippen LogP contribution < -0.4 is 4.74 Å². The van der Waals surface area contributed by atoms with Crippen molar-refractivity contribution in [2.45, 2.75) is 37.9 Å². The summed E-state index contributed by atoms with van der Waals surface area (Å²) in [7, 11) is 1.65. The fourth-order valence-electron chi connectivity index (χ4n) is 3.59. The molecule has 0 N–H and O–H groups in total. The Morgan fingerprint density at radius 1 is 1.11 bits per heavy atom. The van der Waals surface area contributed by atoms with Gasteiger partial charge in [0.15, 0.2) is 16.8 Å². The largest absolute Gasteiger partial charge is 0.497 e. The first-order valence-electron chi connectivity index (χ1n) is 9.55. The van der Waals surface area contributed by atoms with E-state index in [1.807, 2.05) is 34.9 Å². The number of hydrogen-bond acceptors (Lipinski definition) is 5. The summed E-state index contributed by atoms with van der Waals surface area (Å²) in [6.07, 6.45) is 3.40. The van der Waals surface area contributed by atoms with Gasteiger partial charge in [0.05, 0.1) is 12.9 Å². The third-order valence-electron chi connectivity index (χ3n) is 5.13. The molecule has 1 aliphatic carbocycles. The van der Waals surface area contributed by atoms with E-state index in [0.717, 1.165) is 47.2 Å². The molecule has 0 atom stereocenters. The average molecular weight is 394 g/mol. The summed E-state index contributed by atoms with van der Waals surface area (Å²) in [5.41, 5.74) is 4.49. The van der Waals surface area contributed by atoms with Crippen LogP contribution in [-0.2, 0) is 19.4 Å². The molecule has 0 spiro atoms. The van der Waals surface area contributed by atoms with Crippen molar-refractivity contribution in [3.63, 3.8) is 0 Å². The van der Waals surface area contributed by atoms with Crippen LogP contribution in [-0.4, -0.2) is 33.4 Å². The number of fused-ring (bicyclic) bond motifs is 1. The standard InChI is InChI=1S/C22H23N3O2S/c1-3-25-21(16-9-11-19(27-2)12-10-16)23-24-22(25)28-14-20(26)18-8-7-15-5-4-6-17(15)13-18/h7-13H,3-6,14H2,1-2H3. The molecular weight excluding hydrogens is 370 g/mol. The van der Waals surface area contributed by atoms with E-state index in [1.54, 1.807) is 7.11 Å². The first kappa shape index (κ1) is 18.7. The molecule has 4 rings (SSSR count). The van der Waals surface area contributed by atoms with E-state index >= 15 is 0 Å². The van der Waals surface area contributed by atoms with Crippen molar-refractivity contribution < 1.29 is 9.53 Å². The number of methoxy groups -OCH3 is 1. The van der Waals surface area contributed by atoms with Crippen molar-refractivity contribution >= 4 is 17.5 Å². The van der Waals surface area contributed by atoms with Gasteiger partial charge in [-0.1, -0.05) is 23.9 Å². The molecule has 0 aliphatic heterocycles. The lowest BCUT2D eigenvalue weighted by atomic mass is 10.0. The molecule has 144 valence electrons. The van der Waals surface area contributed by atoms with Crippen LogP contribution in [0.2, 0.25) is 0 Å². The smallest absolute Gasteiger partial charge is 0.191 e. The first-order valence-corrected chi connectivity index (χ1v) is 10.5. The van der Waals surface area contributed by atoms with E-state index in [2.05, 4.69) is 29.3 Å². The Balaban J connectivity index is 1.49. The minimum atomic E-state index is 0.136.